The maximum absolute atomic E-state index is 11.5. The SMILES string of the molecule is CC(N)c1ncn(S(=O)(=O)N(C)C)n1. The van der Waals surface area contributed by atoms with E-state index in [4.69, 9.17) is 5.73 Å². The molecule has 0 aromatic carbocycles. The zero-order valence-corrected chi connectivity index (χ0v) is 9.06. The van der Waals surface area contributed by atoms with Gasteiger partial charge in [0.2, 0.25) is 0 Å². The topological polar surface area (TPSA) is 94.1 Å². The lowest BCUT2D eigenvalue weighted by atomic mass is 10.4. The predicted octanol–water partition coefficient (Wildman–Crippen LogP) is -1.05. The fourth-order valence-electron chi connectivity index (χ4n) is 0.748. The van der Waals surface area contributed by atoms with Gasteiger partial charge in [0.15, 0.2) is 5.82 Å². The average molecular weight is 219 g/mol. The summed E-state index contributed by atoms with van der Waals surface area (Å²) >= 11 is 0. The summed E-state index contributed by atoms with van der Waals surface area (Å²) in [6.07, 6.45) is 1.13. The van der Waals surface area contributed by atoms with Gasteiger partial charge in [-0.25, -0.2) is 4.98 Å². The molecular weight excluding hydrogens is 206 g/mol. The lowest BCUT2D eigenvalue weighted by Gasteiger charge is -2.09. The van der Waals surface area contributed by atoms with Gasteiger partial charge < -0.3 is 5.73 Å². The van der Waals surface area contributed by atoms with Gasteiger partial charge in [0.1, 0.15) is 6.33 Å². The van der Waals surface area contributed by atoms with Crippen LogP contribution in [-0.4, -0.2) is 41.0 Å². The van der Waals surface area contributed by atoms with Crippen molar-refractivity contribution < 1.29 is 8.42 Å². The number of hydrogen-bond donors (Lipinski definition) is 1. The highest BCUT2D eigenvalue weighted by molar-refractivity contribution is 7.87. The van der Waals surface area contributed by atoms with E-state index >= 15 is 0 Å². The highest BCUT2D eigenvalue weighted by Crippen LogP contribution is 2.04. The molecule has 7 nitrogen and oxygen atoms in total. The highest BCUT2D eigenvalue weighted by Gasteiger charge is 2.18. The number of aromatic nitrogens is 3. The molecule has 1 unspecified atom stereocenters. The van der Waals surface area contributed by atoms with Gasteiger partial charge in [-0.15, -0.1) is 9.19 Å². The maximum Gasteiger partial charge on any atom is 0.323 e. The van der Waals surface area contributed by atoms with Gasteiger partial charge in [0.25, 0.3) is 0 Å². The number of rotatable bonds is 3. The lowest BCUT2D eigenvalue weighted by Crippen LogP contribution is -2.29. The Kier molecular flexibility index (Phi) is 2.88. The number of hydrogen-bond acceptors (Lipinski definition) is 5. The first kappa shape index (κ1) is 11.1. The smallest absolute Gasteiger partial charge is 0.321 e. The van der Waals surface area contributed by atoms with E-state index < -0.39 is 10.2 Å². The second-order valence-electron chi connectivity index (χ2n) is 3.05. The average Bonchev–Trinajstić information content (AvgIpc) is 2.51. The molecule has 1 heterocycles. The minimum Gasteiger partial charge on any atom is -0.321 e. The molecule has 0 fully saturated rings. The van der Waals surface area contributed by atoms with Crippen molar-refractivity contribution in [1.82, 2.24) is 18.5 Å². The lowest BCUT2D eigenvalue weighted by molar-refractivity contribution is 0.502. The van der Waals surface area contributed by atoms with E-state index in [0.29, 0.717) is 5.82 Å². The number of nitrogens with zero attached hydrogens (tertiary/aromatic N) is 4. The molecule has 1 atom stereocenters. The van der Waals surface area contributed by atoms with E-state index in [9.17, 15) is 8.42 Å². The van der Waals surface area contributed by atoms with Crippen molar-refractivity contribution in [2.24, 2.45) is 5.73 Å². The maximum atomic E-state index is 11.5. The highest BCUT2D eigenvalue weighted by atomic mass is 32.2. The molecule has 0 spiro atoms. The summed E-state index contributed by atoms with van der Waals surface area (Å²) in [7, 11) is -0.730. The Bertz CT molecular complexity index is 408. The van der Waals surface area contributed by atoms with Gasteiger partial charge in [-0.3, -0.25) is 0 Å². The molecule has 0 saturated heterocycles. The van der Waals surface area contributed by atoms with E-state index in [1.54, 1.807) is 6.92 Å². The Morgan fingerprint density at radius 3 is 2.50 bits per heavy atom. The Morgan fingerprint density at radius 1 is 1.57 bits per heavy atom. The van der Waals surface area contributed by atoms with E-state index in [-0.39, 0.29) is 6.04 Å². The molecule has 0 aliphatic heterocycles. The Labute approximate surface area is 82.7 Å². The van der Waals surface area contributed by atoms with Gasteiger partial charge in [0.05, 0.1) is 6.04 Å². The van der Waals surface area contributed by atoms with Crippen molar-refractivity contribution in [3.8, 4) is 0 Å². The van der Waals surface area contributed by atoms with E-state index in [1.165, 1.54) is 14.1 Å². The monoisotopic (exact) mass is 219 g/mol. The molecule has 80 valence electrons. The molecule has 0 amide bonds. The largest absolute Gasteiger partial charge is 0.323 e. The second kappa shape index (κ2) is 3.64. The third kappa shape index (κ3) is 1.91. The summed E-state index contributed by atoms with van der Waals surface area (Å²) in [5, 5.41) is 3.75. The first-order valence-electron chi connectivity index (χ1n) is 3.96. The van der Waals surface area contributed by atoms with E-state index in [2.05, 4.69) is 10.1 Å². The van der Waals surface area contributed by atoms with Crippen LogP contribution in [0.3, 0.4) is 0 Å². The third-order valence-electron chi connectivity index (χ3n) is 1.59. The molecule has 2 N–H and O–H groups in total. The summed E-state index contributed by atoms with van der Waals surface area (Å²) in [6.45, 7) is 1.68. The van der Waals surface area contributed by atoms with Gasteiger partial charge >= 0.3 is 10.2 Å². The standard InChI is InChI=1S/C6H13N5O2S/c1-5(7)6-8-4-11(9-6)14(12,13)10(2)3/h4-5H,7H2,1-3H3. The summed E-state index contributed by atoms with van der Waals surface area (Å²) in [5.41, 5.74) is 5.50. The van der Waals surface area contributed by atoms with Gasteiger partial charge in [-0.2, -0.15) is 12.7 Å². The first-order chi connectivity index (χ1) is 6.35. The summed E-state index contributed by atoms with van der Waals surface area (Å²) in [4.78, 5) is 3.79. The van der Waals surface area contributed by atoms with Crippen LogP contribution in [0.15, 0.2) is 6.33 Å². The van der Waals surface area contributed by atoms with Crippen molar-refractivity contribution in [3.05, 3.63) is 12.2 Å². The molecule has 0 aliphatic rings. The normalized spacial score (nSPS) is 14.6. The summed E-state index contributed by atoms with van der Waals surface area (Å²) < 4.78 is 24.9. The van der Waals surface area contributed by atoms with Crippen LogP contribution in [-0.2, 0) is 10.2 Å². The van der Waals surface area contributed by atoms with Crippen LogP contribution in [0.2, 0.25) is 0 Å². The molecule has 14 heavy (non-hydrogen) atoms. The minimum absolute atomic E-state index is 0.301. The summed E-state index contributed by atoms with van der Waals surface area (Å²) in [5.74, 6) is 0.301. The molecule has 0 aliphatic carbocycles. The molecule has 1 aromatic rings. The molecule has 1 rings (SSSR count). The van der Waals surface area contributed by atoms with Crippen LogP contribution in [0.25, 0.3) is 0 Å². The Balaban J connectivity index is 3.10. The fourth-order valence-corrected chi connectivity index (χ4v) is 1.44. The van der Waals surface area contributed by atoms with E-state index in [1.807, 2.05) is 0 Å². The number of nitrogens with two attached hydrogens (primary N) is 1. The van der Waals surface area contributed by atoms with Crippen LogP contribution in [0.1, 0.15) is 18.8 Å². The van der Waals surface area contributed by atoms with Crippen molar-refractivity contribution in [1.29, 1.82) is 0 Å². The molecular formula is C6H13N5O2S. The fraction of sp³-hybridized carbons (Fsp3) is 0.667. The predicted molar refractivity (Wildman–Crippen MR) is 50.6 cm³/mol. The molecule has 8 heteroatoms. The van der Waals surface area contributed by atoms with Crippen molar-refractivity contribution in [3.63, 3.8) is 0 Å². The molecule has 0 saturated carbocycles. The second-order valence-corrected chi connectivity index (χ2v) is 5.05. The van der Waals surface area contributed by atoms with Crippen LogP contribution < -0.4 is 5.73 Å². The van der Waals surface area contributed by atoms with Crippen LogP contribution in [0, 0.1) is 0 Å². The Morgan fingerprint density at radius 2 is 2.14 bits per heavy atom. The van der Waals surface area contributed by atoms with Crippen LogP contribution >= 0.6 is 0 Å². The zero-order valence-electron chi connectivity index (χ0n) is 8.25. The van der Waals surface area contributed by atoms with Crippen molar-refractivity contribution in [2.45, 2.75) is 13.0 Å². The van der Waals surface area contributed by atoms with Crippen LogP contribution in [0.5, 0.6) is 0 Å². The molecule has 0 bridgehead atoms. The zero-order chi connectivity index (χ0) is 10.9. The van der Waals surface area contributed by atoms with Crippen molar-refractivity contribution in [2.75, 3.05) is 14.1 Å². The van der Waals surface area contributed by atoms with Gasteiger partial charge in [-0.05, 0) is 6.92 Å². The molecule has 0 radical (unpaired) electrons. The quantitative estimate of drug-likeness (QED) is 0.700. The van der Waals surface area contributed by atoms with Crippen LogP contribution in [0.4, 0.5) is 0 Å². The Hall–Kier alpha value is -0.990. The van der Waals surface area contributed by atoms with Gasteiger partial charge in [-0.1, -0.05) is 0 Å². The minimum atomic E-state index is -3.57. The summed E-state index contributed by atoms with van der Waals surface area (Å²) in [6, 6.07) is -0.381. The van der Waals surface area contributed by atoms with Crippen molar-refractivity contribution >= 4 is 10.2 Å². The van der Waals surface area contributed by atoms with E-state index in [0.717, 1.165) is 14.7 Å². The first-order valence-corrected chi connectivity index (χ1v) is 5.35. The molecule has 1 aromatic heterocycles. The van der Waals surface area contributed by atoms with Gasteiger partial charge in [0, 0.05) is 14.1 Å². The third-order valence-corrected chi connectivity index (χ3v) is 3.17.